The zero-order valence-corrected chi connectivity index (χ0v) is 3.18. The first kappa shape index (κ1) is 5.59. The number of ketones is 1. The van der Waals surface area contributed by atoms with E-state index in [9.17, 15) is 9.90 Å². The van der Waals surface area contributed by atoms with Gasteiger partial charge in [0.15, 0.2) is 5.78 Å². The summed E-state index contributed by atoms with van der Waals surface area (Å²) in [5.74, 6) is -0.657. The van der Waals surface area contributed by atoms with E-state index in [4.69, 9.17) is 5.11 Å². The van der Waals surface area contributed by atoms with Gasteiger partial charge >= 0.3 is 0 Å². The minimum Gasteiger partial charge on any atom is -0.388 e. The van der Waals surface area contributed by atoms with E-state index in [1.54, 1.807) is 0 Å². The van der Waals surface area contributed by atoms with Gasteiger partial charge in [0.25, 0.3) is 0 Å². The number of aliphatic hydroxyl groups excluding tert-OH is 1. The van der Waals surface area contributed by atoms with Gasteiger partial charge in [-0.05, 0) is 0 Å². The van der Waals surface area contributed by atoms with E-state index in [0.29, 0.717) is 0 Å². The molecule has 0 heterocycles. The van der Waals surface area contributed by atoms with Gasteiger partial charge < -0.3 is 5.11 Å². The van der Waals surface area contributed by atoms with E-state index in [2.05, 4.69) is 0 Å². The summed E-state index contributed by atoms with van der Waals surface area (Å²) < 4.78 is 0. The highest BCUT2D eigenvalue weighted by Crippen LogP contribution is 1.61. The van der Waals surface area contributed by atoms with Crippen LogP contribution < -0.4 is 0 Å². The minimum absolute atomic E-state index is 0.622. The van der Waals surface area contributed by atoms with Crippen LogP contribution in [-0.4, -0.2) is 24.1 Å². The summed E-state index contributed by atoms with van der Waals surface area (Å²) in [7, 11) is 0. The summed E-state index contributed by atoms with van der Waals surface area (Å²) in [4.78, 5) is 9.62. The molecule has 0 amide bonds. The first-order valence-electron chi connectivity index (χ1n) is 1.52. The van der Waals surface area contributed by atoms with Crippen LogP contribution in [0, 0.1) is 0 Å². The lowest BCUT2D eigenvalue weighted by molar-refractivity contribution is -0.126. The van der Waals surface area contributed by atoms with Crippen LogP contribution in [-0.2, 0) is 9.90 Å². The van der Waals surface area contributed by atoms with Gasteiger partial charge in [-0.3, -0.25) is 4.79 Å². The third-order valence-corrected chi connectivity index (χ3v) is 0.337. The molecule has 1 radical (unpaired) electrons. The Kier molecular flexibility index (Phi) is 2.62. The van der Waals surface area contributed by atoms with Gasteiger partial charge in [-0.25, -0.2) is 5.11 Å². The van der Waals surface area contributed by atoms with Crippen LogP contribution in [0.4, 0.5) is 0 Å². The molecule has 0 spiro atoms. The lowest BCUT2D eigenvalue weighted by Gasteiger charge is -1.78. The maximum Gasteiger partial charge on any atom is 0.187 e. The van der Waals surface area contributed by atoms with E-state index in [1.165, 1.54) is 0 Å². The Balaban J connectivity index is 2.99. The van der Waals surface area contributed by atoms with Crippen LogP contribution in [0.5, 0.6) is 0 Å². The number of hydrogen-bond acceptors (Lipinski definition) is 2. The molecule has 3 nitrogen and oxygen atoms in total. The van der Waals surface area contributed by atoms with Crippen molar-refractivity contribution in [2.75, 3.05) is 13.2 Å². The molecule has 0 rings (SSSR count). The topological polar surface area (TPSA) is 57.2 Å². The number of rotatable bonds is 2. The fourth-order valence-electron chi connectivity index (χ4n) is 0.0456. The maximum atomic E-state index is 9.62. The van der Waals surface area contributed by atoms with Crippen LogP contribution in [0.25, 0.3) is 0 Å². The molecule has 0 bridgehead atoms. The smallest absolute Gasteiger partial charge is 0.187 e. The molecule has 0 aliphatic rings. The average Bonchev–Trinajstić information content (AvgIpc) is 1.65. The monoisotopic (exact) mass is 89.0 g/mol. The predicted molar refractivity (Wildman–Crippen MR) is 17.6 cm³/mol. The van der Waals surface area contributed by atoms with Gasteiger partial charge in [0, 0.05) is 0 Å². The van der Waals surface area contributed by atoms with Gasteiger partial charge in [0.05, 0.1) is 0 Å². The summed E-state index contributed by atoms with van der Waals surface area (Å²) in [6, 6.07) is 0. The largest absolute Gasteiger partial charge is 0.388 e. The number of Topliss-reactive ketones (excluding diaryl/α,β-unsaturated/α-hetero) is 1. The molecular formula is C3H5O3. The Morgan fingerprint density at radius 3 is 2.17 bits per heavy atom. The number of carbonyl (C=O) groups excluding carboxylic acids is 1. The maximum absolute atomic E-state index is 9.62. The van der Waals surface area contributed by atoms with Crippen LogP contribution in [0.3, 0.4) is 0 Å². The molecule has 0 atom stereocenters. The van der Waals surface area contributed by atoms with E-state index in [0.717, 1.165) is 0 Å². The Morgan fingerprint density at radius 2 is 2.17 bits per heavy atom. The van der Waals surface area contributed by atoms with Crippen molar-refractivity contribution < 1.29 is 15.0 Å². The molecule has 3 heteroatoms. The van der Waals surface area contributed by atoms with Crippen molar-refractivity contribution in [1.82, 2.24) is 0 Å². The Bertz CT molecular complexity index is 44.0. The molecule has 0 aromatic carbocycles. The van der Waals surface area contributed by atoms with Crippen molar-refractivity contribution in [3.8, 4) is 0 Å². The Labute approximate surface area is 35.2 Å². The standard InChI is InChI=1S/C3H5O3/c4-1-3(6)2-5/h4H,1-2H2. The number of carbonyl (C=O) groups is 1. The highest BCUT2D eigenvalue weighted by Gasteiger charge is 1.91. The van der Waals surface area contributed by atoms with E-state index < -0.39 is 19.0 Å². The normalized spacial score (nSPS) is 8.33. The Hall–Kier alpha value is -0.410. The van der Waals surface area contributed by atoms with Crippen molar-refractivity contribution in [3.63, 3.8) is 0 Å². The van der Waals surface area contributed by atoms with Gasteiger partial charge in [-0.15, -0.1) is 0 Å². The summed E-state index contributed by atoms with van der Waals surface area (Å²) in [6.07, 6.45) is 0. The molecule has 1 N–H and O–H groups in total. The number of aliphatic hydroxyl groups is 1. The quantitative estimate of drug-likeness (QED) is 0.470. The summed E-state index contributed by atoms with van der Waals surface area (Å²) >= 11 is 0. The van der Waals surface area contributed by atoms with Crippen LogP contribution in [0.1, 0.15) is 0 Å². The lowest BCUT2D eigenvalue weighted by atomic mass is 10.5. The second-order valence-electron chi connectivity index (χ2n) is 0.841. The molecule has 0 aliphatic carbocycles. The molecule has 0 saturated carbocycles. The fourth-order valence-corrected chi connectivity index (χ4v) is 0.0456. The molecule has 0 fully saturated rings. The highest BCUT2D eigenvalue weighted by molar-refractivity contribution is 5.80. The first-order chi connectivity index (χ1) is 2.81. The van der Waals surface area contributed by atoms with Crippen LogP contribution >= 0.6 is 0 Å². The zero-order chi connectivity index (χ0) is 4.99. The van der Waals surface area contributed by atoms with Gasteiger partial charge in [0.2, 0.25) is 0 Å². The molecule has 6 heavy (non-hydrogen) atoms. The van der Waals surface area contributed by atoms with Crippen molar-refractivity contribution >= 4 is 5.78 Å². The summed E-state index contributed by atoms with van der Waals surface area (Å²) in [5.41, 5.74) is 0. The summed E-state index contributed by atoms with van der Waals surface area (Å²) in [6.45, 7) is -1.43. The number of hydrogen-bond donors (Lipinski definition) is 1. The van der Waals surface area contributed by atoms with Crippen LogP contribution in [0.2, 0.25) is 0 Å². The first-order valence-corrected chi connectivity index (χ1v) is 1.52. The lowest BCUT2D eigenvalue weighted by Crippen LogP contribution is -2.06. The molecular weight excluding hydrogens is 84.0 g/mol. The van der Waals surface area contributed by atoms with Gasteiger partial charge in [-0.2, -0.15) is 0 Å². The SMILES string of the molecule is [O]CC(=O)CO. The second kappa shape index (κ2) is 2.81. The molecule has 0 aromatic heterocycles. The third-order valence-electron chi connectivity index (χ3n) is 0.337. The van der Waals surface area contributed by atoms with E-state index >= 15 is 0 Å². The van der Waals surface area contributed by atoms with Crippen molar-refractivity contribution in [2.24, 2.45) is 0 Å². The summed E-state index contributed by atoms with van der Waals surface area (Å²) in [5, 5.41) is 17.1. The molecule has 35 valence electrons. The van der Waals surface area contributed by atoms with Gasteiger partial charge in [0.1, 0.15) is 13.2 Å². The minimum atomic E-state index is -0.809. The third kappa shape index (κ3) is 1.87. The predicted octanol–water partition coefficient (Wildman–Crippen LogP) is -1.02. The Morgan fingerprint density at radius 1 is 1.67 bits per heavy atom. The van der Waals surface area contributed by atoms with Crippen molar-refractivity contribution in [1.29, 1.82) is 0 Å². The van der Waals surface area contributed by atoms with Gasteiger partial charge in [-0.1, -0.05) is 0 Å². The second-order valence-corrected chi connectivity index (χ2v) is 0.841. The van der Waals surface area contributed by atoms with E-state index in [1.807, 2.05) is 0 Å². The highest BCUT2D eigenvalue weighted by atomic mass is 16.3. The average molecular weight is 89.1 g/mol. The van der Waals surface area contributed by atoms with Crippen LogP contribution in [0.15, 0.2) is 0 Å². The van der Waals surface area contributed by atoms with Crippen molar-refractivity contribution in [3.05, 3.63) is 0 Å². The molecule has 0 aromatic rings. The van der Waals surface area contributed by atoms with Crippen molar-refractivity contribution in [2.45, 2.75) is 0 Å². The molecule has 0 saturated heterocycles. The fraction of sp³-hybridized carbons (Fsp3) is 0.667. The molecule has 0 aliphatic heterocycles. The molecule has 0 unspecified atom stereocenters. The zero-order valence-electron chi connectivity index (χ0n) is 3.18. The van der Waals surface area contributed by atoms with E-state index in [-0.39, 0.29) is 0 Å².